The van der Waals surface area contributed by atoms with Gasteiger partial charge in [0.1, 0.15) is 0 Å². The molecule has 0 heterocycles. The van der Waals surface area contributed by atoms with E-state index in [4.69, 9.17) is 17.3 Å². The molecule has 0 aliphatic carbocycles. The molecule has 1 amide bonds. The summed E-state index contributed by atoms with van der Waals surface area (Å²) in [4.78, 5) is 20.8. The standard InChI is InChI=1S/C11H14ClN3O3/c12-9-4-3-8(10(6-9)15(17)18)7-14-5-1-2-11(13)16/h3-4,6,14H,1-2,5,7H2,(H2,13,16). The number of nitro benzene ring substituents is 1. The van der Waals surface area contributed by atoms with E-state index in [-0.39, 0.29) is 11.6 Å². The highest BCUT2D eigenvalue weighted by Crippen LogP contribution is 2.22. The molecule has 3 N–H and O–H groups in total. The normalized spacial score (nSPS) is 10.3. The molecular formula is C11H14ClN3O3. The van der Waals surface area contributed by atoms with E-state index < -0.39 is 4.92 Å². The number of nitrogens with one attached hydrogen (secondary N) is 1. The number of benzene rings is 1. The lowest BCUT2D eigenvalue weighted by atomic mass is 10.2. The molecule has 6 nitrogen and oxygen atoms in total. The van der Waals surface area contributed by atoms with Crippen LogP contribution < -0.4 is 11.1 Å². The number of hydrogen-bond donors (Lipinski definition) is 2. The van der Waals surface area contributed by atoms with Crippen LogP contribution in [0.3, 0.4) is 0 Å². The lowest BCUT2D eigenvalue weighted by Gasteiger charge is -2.05. The fourth-order valence-corrected chi connectivity index (χ4v) is 1.63. The lowest BCUT2D eigenvalue weighted by Crippen LogP contribution is -2.18. The average Bonchev–Trinajstić information content (AvgIpc) is 2.29. The van der Waals surface area contributed by atoms with Gasteiger partial charge in [-0.2, -0.15) is 0 Å². The van der Waals surface area contributed by atoms with E-state index >= 15 is 0 Å². The molecule has 0 saturated carbocycles. The van der Waals surface area contributed by atoms with Gasteiger partial charge in [0.2, 0.25) is 5.91 Å². The second-order valence-electron chi connectivity index (χ2n) is 3.78. The van der Waals surface area contributed by atoms with Gasteiger partial charge in [-0.1, -0.05) is 11.6 Å². The maximum atomic E-state index is 10.8. The maximum absolute atomic E-state index is 10.8. The molecule has 7 heteroatoms. The Kier molecular flexibility index (Phi) is 5.54. The predicted octanol–water partition coefficient (Wildman–Crippen LogP) is 1.60. The molecule has 1 aromatic carbocycles. The Morgan fingerprint density at radius 3 is 2.83 bits per heavy atom. The Bertz CT molecular complexity index is 451. The zero-order chi connectivity index (χ0) is 13.5. The molecule has 0 atom stereocenters. The fraction of sp³-hybridized carbons (Fsp3) is 0.364. The lowest BCUT2D eigenvalue weighted by molar-refractivity contribution is -0.385. The Morgan fingerprint density at radius 2 is 2.22 bits per heavy atom. The molecule has 0 aliphatic heterocycles. The van der Waals surface area contributed by atoms with Gasteiger partial charge in [-0.05, 0) is 25.1 Å². The van der Waals surface area contributed by atoms with Gasteiger partial charge in [0.15, 0.2) is 0 Å². The summed E-state index contributed by atoms with van der Waals surface area (Å²) in [6, 6.07) is 4.54. The van der Waals surface area contributed by atoms with Crippen molar-refractivity contribution in [3.63, 3.8) is 0 Å². The zero-order valence-electron chi connectivity index (χ0n) is 9.69. The van der Waals surface area contributed by atoms with Crippen LogP contribution in [0.25, 0.3) is 0 Å². The van der Waals surface area contributed by atoms with E-state index in [1.807, 2.05) is 0 Å². The first-order valence-corrected chi connectivity index (χ1v) is 5.80. The zero-order valence-corrected chi connectivity index (χ0v) is 10.4. The Hall–Kier alpha value is -1.66. The Balaban J connectivity index is 2.51. The van der Waals surface area contributed by atoms with Gasteiger partial charge in [-0.25, -0.2) is 0 Å². The highest BCUT2D eigenvalue weighted by Gasteiger charge is 2.13. The van der Waals surface area contributed by atoms with Crippen LogP contribution >= 0.6 is 11.6 Å². The van der Waals surface area contributed by atoms with Crippen molar-refractivity contribution in [3.05, 3.63) is 38.9 Å². The van der Waals surface area contributed by atoms with E-state index in [0.717, 1.165) is 0 Å². The molecule has 0 saturated heterocycles. The molecule has 1 rings (SSSR count). The number of amides is 1. The number of carbonyl (C=O) groups is 1. The van der Waals surface area contributed by atoms with Gasteiger partial charge in [0, 0.05) is 29.6 Å². The predicted molar refractivity (Wildman–Crippen MR) is 68.2 cm³/mol. The molecule has 0 fully saturated rings. The minimum atomic E-state index is -0.466. The van der Waals surface area contributed by atoms with Crippen LogP contribution in [-0.2, 0) is 11.3 Å². The first kappa shape index (κ1) is 14.4. The third-order valence-electron chi connectivity index (χ3n) is 2.34. The summed E-state index contributed by atoms with van der Waals surface area (Å²) >= 11 is 5.70. The van der Waals surface area contributed by atoms with Crippen molar-refractivity contribution < 1.29 is 9.72 Å². The minimum Gasteiger partial charge on any atom is -0.370 e. The topological polar surface area (TPSA) is 98.3 Å². The van der Waals surface area contributed by atoms with Crippen molar-refractivity contribution in [1.82, 2.24) is 5.32 Å². The van der Waals surface area contributed by atoms with Gasteiger partial charge < -0.3 is 11.1 Å². The van der Waals surface area contributed by atoms with E-state index in [1.54, 1.807) is 12.1 Å². The fourth-order valence-electron chi connectivity index (χ4n) is 1.47. The van der Waals surface area contributed by atoms with Crippen molar-refractivity contribution in [1.29, 1.82) is 0 Å². The van der Waals surface area contributed by atoms with Crippen molar-refractivity contribution in [2.45, 2.75) is 19.4 Å². The van der Waals surface area contributed by atoms with Crippen molar-refractivity contribution in [2.24, 2.45) is 5.73 Å². The van der Waals surface area contributed by atoms with Gasteiger partial charge in [-0.3, -0.25) is 14.9 Å². The van der Waals surface area contributed by atoms with Crippen molar-refractivity contribution in [2.75, 3.05) is 6.54 Å². The number of carbonyl (C=O) groups excluding carboxylic acids is 1. The summed E-state index contributed by atoms with van der Waals surface area (Å²) in [5.74, 6) is -0.353. The van der Waals surface area contributed by atoms with Crippen LogP contribution in [0.1, 0.15) is 18.4 Å². The monoisotopic (exact) mass is 271 g/mol. The molecule has 1 aromatic rings. The third-order valence-corrected chi connectivity index (χ3v) is 2.57. The van der Waals surface area contributed by atoms with Crippen LogP contribution in [0.5, 0.6) is 0 Å². The van der Waals surface area contributed by atoms with E-state index in [0.29, 0.717) is 36.5 Å². The second-order valence-corrected chi connectivity index (χ2v) is 4.21. The van der Waals surface area contributed by atoms with Crippen LogP contribution in [0.15, 0.2) is 18.2 Å². The van der Waals surface area contributed by atoms with Crippen LogP contribution in [0.4, 0.5) is 5.69 Å². The summed E-state index contributed by atoms with van der Waals surface area (Å²) in [5, 5.41) is 14.2. The van der Waals surface area contributed by atoms with Gasteiger partial charge in [0.05, 0.1) is 4.92 Å². The molecular weight excluding hydrogens is 258 g/mol. The number of nitrogens with two attached hydrogens (primary N) is 1. The van der Waals surface area contributed by atoms with Gasteiger partial charge in [-0.15, -0.1) is 0 Å². The molecule has 0 radical (unpaired) electrons. The summed E-state index contributed by atoms with van der Waals surface area (Å²) < 4.78 is 0. The SMILES string of the molecule is NC(=O)CCCNCc1ccc(Cl)cc1[N+](=O)[O-]. The number of nitrogens with zero attached hydrogens (tertiary/aromatic N) is 1. The van der Waals surface area contributed by atoms with E-state index in [1.165, 1.54) is 6.07 Å². The highest BCUT2D eigenvalue weighted by atomic mass is 35.5. The molecule has 0 spiro atoms. The smallest absolute Gasteiger partial charge is 0.275 e. The third kappa shape index (κ3) is 4.68. The second kappa shape index (κ2) is 6.93. The number of hydrogen-bond acceptors (Lipinski definition) is 4. The molecule has 0 aromatic heterocycles. The number of nitro groups is 1. The summed E-state index contributed by atoms with van der Waals surface area (Å²) in [6.07, 6.45) is 0.909. The highest BCUT2D eigenvalue weighted by molar-refractivity contribution is 6.30. The minimum absolute atomic E-state index is 0.00935. The molecule has 0 unspecified atom stereocenters. The summed E-state index contributed by atoms with van der Waals surface area (Å²) in [7, 11) is 0. The molecule has 98 valence electrons. The largest absolute Gasteiger partial charge is 0.370 e. The summed E-state index contributed by atoms with van der Waals surface area (Å²) in [5.41, 5.74) is 5.55. The maximum Gasteiger partial charge on any atom is 0.275 e. The van der Waals surface area contributed by atoms with Crippen molar-refractivity contribution in [3.8, 4) is 0 Å². The molecule has 18 heavy (non-hydrogen) atoms. The van der Waals surface area contributed by atoms with Gasteiger partial charge in [0.25, 0.3) is 5.69 Å². The first-order valence-electron chi connectivity index (χ1n) is 5.42. The van der Waals surface area contributed by atoms with E-state index in [9.17, 15) is 14.9 Å². The number of halogens is 1. The average molecular weight is 272 g/mol. The quantitative estimate of drug-likeness (QED) is 0.447. The molecule has 0 aliphatic rings. The number of rotatable bonds is 7. The Morgan fingerprint density at radius 1 is 1.50 bits per heavy atom. The first-order chi connectivity index (χ1) is 8.50. The van der Waals surface area contributed by atoms with E-state index in [2.05, 4.69) is 5.32 Å². The van der Waals surface area contributed by atoms with Crippen LogP contribution in [0.2, 0.25) is 5.02 Å². The van der Waals surface area contributed by atoms with Gasteiger partial charge >= 0.3 is 0 Å². The van der Waals surface area contributed by atoms with Crippen LogP contribution in [-0.4, -0.2) is 17.4 Å². The Labute approximate surface area is 109 Å². The molecule has 0 bridgehead atoms. The number of primary amides is 1. The summed E-state index contributed by atoms with van der Waals surface area (Å²) in [6.45, 7) is 0.926. The van der Waals surface area contributed by atoms with Crippen molar-refractivity contribution >= 4 is 23.2 Å². The van der Waals surface area contributed by atoms with Crippen LogP contribution in [0, 0.1) is 10.1 Å².